The van der Waals surface area contributed by atoms with Crippen LogP contribution in [-0.2, 0) is 25.2 Å². The summed E-state index contributed by atoms with van der Waals surface area (Å²) < 4.78 is 24.8. The fraction of sp³-hybridized carbons (Fsp3) is 0.692. The molecule has 1 aromatic carbocycles. The number of carbonyl (C=O) groups excluding carboxylic acids is 2. The van der Waals surface area contributed by atoms with Gasteiger partial charge in [-0.3, -0.25) is 14.5 Å². The highest BCUT2D eigenvalue weighted by Gasteiger charge is 2.50. The van der Waals surface area contributed by atoms with E-state index in [1.165, 1.54) is 16.1 Å². The Morgan fingerprint density at radius 2 is 1.63 bits per heavy atom. The lowest BCUT2D eigenvalue weighted by Gasteiger charge is -2.48. The molecular weight excluding hydrogens is 464 g/mol. The zero-order chi connectivity index (χ0) is 25.3. The number of piperazine rings is 1. The zero-order valence-corrected chi connectivity index (χ0v) is 22.2. The molecule has 0 N–H and O–H groups in total. The average Bonchev–Trinajstić information content (AvgIpc) is 3.14. The molecule has 2 aliphatic heterocycles. The predicted octanol–water partition coefficient (Wildman–Crippen LogP) is 2.12. The SMILES string of the molecule is CN(C)[C@]1(c2ccccc2)CC[C@@]2(CC1)CC(=O)N(CCCC(=O)N1CCN(S(C)(=O)=O)CC1)C2. The summed E-state index contributed by atoms with van der Waals surface area (Å²) in [6.07, 6.45) is 7.03. The number of benzene rings is 1. The van der Waals surface area contributed by atoms with Gasteiger partial charge in [0.05, 0.1) is 6.26 Å². The molecule has 194 valence electrons. The predicted molar refractivity (Wildman–Crippen MR) is 136 cm³/mol. The van der Waals surface area contributed by atoms with Crippen LogP contribution >= 0.6 is 0 Å². The first kappa shape index (κ1) is 26.1. The Kier molecular flexibility index (Phi) is 7.60. The summed E-state index contributed by atoms with van der Waals surface area (Å²) in [5.41, 5.74) is 1.44. The fourth-order valence-corrected chi connectivity index (χ4v) is 7.13. The van der Waals surface area contributed by atoms with Crippen molar-refractivity contribution in [1.29, 1.82) is 0 Å². The number of rotatable bonds is 7. The molecule has 1 aliphatic carbocycles. The fourth-order valence-electron chi connectivity index (χ4n) is 6.30. The maximum atomic E-state index is 12.9. The molecule has 1 spiro atoms. The molecule has 3 aliphatic rings. The molecule has 0 aromatic heterocycles. The Morgan fingerprint density at radius 3 is 2.20 bits per heavy atom. The summed E-state index contributed by atoms with van der Waals surface area (Å²) in [6.45, 7) is 3.00. The molecule has 0 unspecified atom stereocenters. The Labute approximate surface area is 210 Å². The smallest absolute Gasteiger partial charge is 0.223 e. The highest BCUT2D eigenvalue weighted by molar-refractivity contribution is 7.88. The van der Waals surface area contributed by atoms with Crippen LogP contribution in [0.1, 0.15) is 50.5 Å². The highest BCUT2D eigenvalue weighted by Crippen LogP contribution is 2.52. The van der Waals surface area contributed by atoms with Gasteiger partial charge in [-0.2, -0.15) is 4.31 Å². The van der Waals surface area contributed by atoms with Crippen LogP contribution in [0.25, 0.3) is 0 Å². The third-order valence-corrected chi connectivity index (χ3v) is 9.89. The van der Waals surface area contributed by atoms with Gasteiger partial charge in [-0.15, -0.1) is 0 Å². The molecule has 0 atom stereocenters. The second-order valence-corrected chi connectivity index (χ2v) is 12.9. The van der Waals surface area contributed by atoms with E-state index in [-0.39, 0.29) is 22.8 Å². The maximum absolute atomic E-state index is 12.9. The Bertz CT molecular complexity index is 1010. The van der Waals surface area contributed by atoms with Crippen molar-refractivity contribution in [3.05, 3.63) is 35.9 Å². The van der Waals surface area contributed by atoms with Gasteiger partial charge in [0.1, 0.15) is 0 Å². The van der Waals surface area contributed by atoms with E-state index in [2.05, 4.69) is 49.3 Å². The molecule has 3 fully saturated rings. The first-order valence-corrected chi connectivity index (χ1v) is 14.6. The third-order valence-electron chi connectivity index (χ3n) is 8.59. The van der Waals surface area contributed by atoms with E-state index in [0.29, 0.717) is 52.0 Å². The van der Waals surface area contributed by atoms with Crippen molar-refractivity contribution in [2.75, 3.05) is 59.6 Å². The first-order chi connectivity index (χ1) is 16.5. The normalized spacial score (nSPS) is 28.3. The summed E-state index contributed by atoms with van der Waals surface area (Å²) in [6, 6.07) is 10.7. The van der Waals surface area contributed by atoms with E-state index in [1.54, 1.807) is 4.90 Å². The van der Waals surface area contributed by atoms with Gasteiger partial charge in [0.15, 0.2) is 0 Å². The van der Waals surface area contributed by atoms with Crippen LogP contribution in [0.4, 0.5) is 0 Å². The van der Waals surface area contributed by atoms with Crippen molar-refractivity contribution in [2.45, 2.75) is 50.5 Å². The number of hydrogen-bond acceptors (Lipinski definition) is 5. The van der Waals surface area contributed by atoms with Gasteiger partial charge in [-0.1, -0.05) is 30.3 Å². The molecule has 2 amide bonds. The van der Waals surface area contributed by atoms with Crippen molar-refractivity contribution < 1.29 is 18.0 Å². The van der Waals surface area contributed by atoms with Crippen LogP contribution in [-0.4, -0.2) is 98.9 Å². The van der Waals surface area contributed by atoms with E-state index in [0.717, 1.165) is 32.2 Å². The molecule has 35 heavy (non-hydrogen) atoms. The average molecular weight is 505 g/mol. The van der Waals surface area contributed by atoms with Crippen molar-refractivity contribution in [3.63, 3.8) is 0 Å². The van der Waals surface area contributed by atoms with Gasteiger partial charge >= 0.3 is 0 Å². The summed E-state index contributed by atoms with van der Waals surface area (Å²) in [4.78, 5) is 31.6. The molecular formula is C26H40N4O4S. The van der Waals surface area contributed by atoms with Crippen molar-refractivity contribution in [1.82, 2.24) is 19.0 Å². The van der Waals surface area contributed by atoms with Crippen LogP contribution in [0.3, 0.4) is 0 Å². The maximum Gasteiger partial charge on any atom is 0.223 e. The van der Waals surface area contributed by atoms with Crippen LogP contribution in [0.5, 0.6) is 0 Å². The molecule has 0 radical (unpaired) electrons. The van der Waals surface area contributed by atoms with E-state index < -0.39 is 10.0 Å². The number of hydrogen-bond donors (Lipinski definition) is 0. The summed E-state index contributed by atoms with van der Waals surface area (Å²) in [5.74, 6) is 0.270. The number of carbonyl (C=O) groups is 2. The molecule has 4 rings (SSSR count). The molecule has 9 heteroatoms. The minimum atomic E-state index is -3.20. The molecule has 1 saturated carbocycles. The van der Waals surface area contributed by atoms with Crippen molar-refractivity contribution in [3.8, 4) is 0 Å². The van der Waals surface area contributed by atoms with Gasteiger partial charge in [0.2, 0.25) is 21.8 Å². The Balaban J connectivity index is 1.26. The second kappa shape index (κ2) is 10.2. The van der Waals surface area contributed by atoms with Gasteiger partial charge < -0.3 is 9.80 Å². The quantitative estimate of drug-likeness (QED) is 0.568. The Hall–Kier alpha value is -1.97. The largest absolute Gasteiger partial charge is 0.342 e. The van der Waals surface area contributed by atoms with Crippen molar-refractivity contribution in [2.24, 2.45) is 5.41 Å². The first-order valence-electron chi connectivity index (χ1n) is 12.8. The highest BCUT2D eigenvalue weighted by atomic mass is 32.2. The molecule has 2 saturated heterocycles. The number of amides is 2. The molecule has 8 nitrogen and oxygen atoms in total. The van der Waals surface area contributed by atoms with Crippen LogP contribution in [0, 0.1) is 5.41 Å². The van der Waals surface area contributed by atoms with E-state index in [4.69, 9.17) is 0 Å². The summed E-state index contributed by atoms with van der Waals surface area (Å²) in [7, 11) is 1.12. The summed E-state index contributed by atoms with van der Waals surface area (Å²) in [5, 5.41) is 0. The van der Waals surface area contributed by atoms with Crippen LogP contribution in [0.2, 0.25) is 0 Å². The molecule has 2 heterocycles. The number of sulfonamides is 1. The minimum absolute atomic E-state index is 0.0243. The lowest BCUT2D eigenvalue weighted by molar-refractivity contribution is -0.133. The third kappa shape index (κ3) is 5.57. The number of likely N-dealkylation sites (tertiary alicyclic amines) is 1. The van der Waals surface area contributed by atoms with E-state index in [9.17, 15) is 18.0 Å². The van der Waals surface area contributed by atoms with Gasteiger partial charge in [0, 0.05) is 57.6 Å². The van der Waals surface area contributed by atoms with Gasteiger partial charge in [-0.25, -0.2) is 8.42 Å². The van der Waals surface area contributed by atoms with E-state index in [1.807, 2.05) is 4.90 Å². The minimum Gasteiger partial charge on any atom is -0.342 e. The standard InChI is InChI=1S/C26H40N4O4S/c1-27(2)26(22-8-5-4-6-9-22)13-11-25(12-14-26)20-24(32)29(21-25)15-7-10-23(31)28-16-18-30(19-17-28)35(3,33)34/h4-6,8-9H,7,10-21H2,1-3H3/t25-,26-. The number of nitrogens with zero attached hydrogens (tertiary/aromatic N) is 4. The monoisotopic (exact) mass is 504 g/mol. The Morgan fingerprint density at radius 1 is 1.00 bits per heavy atom. The summed E-state index contributed by atoms with van der Waals surface area (Å²) >= 11 is 0. The molecule has 1 aromatic rings. The van der Waals surface area contributed by atoms with Crippen LogP contribution in [0.15, 0.2) is 30.3 Å². The topological polar surface area (TPSA) is 81.2 Å². The van der Waals surface area contributed by atoms with Crippen molar-refractivity contribution >= 4 is 21.8 Å². The van der Waals surface area contributed by atoms with Gasteiger partial charge in [-0.05, 0) is 57.2 Å². The van der Waals surface area contributed by atoms with E-state index >= 15 is 0 Å². The lowest BCUT2D eigenvalue weighted by atomic mass is 9.64. The molecule has 0 bridgehead atoms. The van der Waals surface area contributed by atoms with Gasteiger partial charge in [0.25, 0.3) is 0 Å². The lowest BCUT2D eigenvalue weighted by Crippen LogP contribution is -2.50. The second-order valence-electron chi connectivity index (χ2n) is 10.9. The van der Waals surface area contributed by atoms with Crippen LogP contribution < -0.4 is 0 Å². The zero-order valence-electron chi connectivity index (χ0n) is 21.4.